The van der Waals surface area contributed by atoms with Crippen LogP contribution >= 0.6 is 7.91 Å². The van der Waals surface area contributed by atoms with E-state index in [0.29, 0.717) is 13.1 Å². The molecule has 0 radical (unpaired) electrons. The number of hydrogen-bond acceptors (Lipinski definition) is 3. The van der Waals surface area contributed by atoms with E-state index >= 15 is 0 Å². The Hall–Kier alpha value is -2.06. The fourth-order valence-corrected chi connectivity index (χ4v) is 2.71. The number of imidazole rings is 2. The maximum Gasteiger partial charge on any atom is 0.318 e. The zero-order valence-electron chi connectivity index (χ0n) is 19.2. The number of hydrogen-bond donors (Lipinski definition) is 0. The molecule has 0 fully saturated rings. The molecule has 204 valence electrons. The number of nitrogens with zero attached hydrogens (tertiary/aromatic N) is 4. The summed E-state index contributed by atoms with van der Waals surface area (Å²) in [7, 11) is -2.52. The molecule has 2 heterocycles. The Bertz CT molecular complexity index is 887. The van der Waals surface area contributed by atoms with Gasteiger partial charge >= 0.3 is 24.7 Å². The topological polar surface area (TPSA) is 80.8 Å². The highest BCUT2D eigenvalue weighted by atomic mass is 31.2. The van der Waals surface area contributed by atoms with Crippen molar-refractivity contribution in [3.8, 4) is 0 Å². The van der Waals surface area contributed by atoms with E-state index in [0.717, 1.165) is 0 Å². The Morgan fingerprint density at radius 3 is 1.29 bits per heavy atom. The van der Waals surface area contributed by atoms with E-state index in [1.54, 1.807) is 52.7 Å². The van der Waals surface area contributed by atoms with Crippen molar-refractivity contribution in [2.24, 2.45) is 14.1 Å². The predicted molar refractivity (Wildman–Crippen MR) is 101 cm³/mol. The molecule has 0 aliphatic carbocycles. The van der Waals surface area contributed by atoms with E-state index in [1.807, 2.05) is 0 Å². The van der Waals surface area contributed by atoms with Crippen LogP contribution in [0.15, 0.2) is 24.8 Å². The van der Waals surface area contributed by atoms with Gasteiger partial charge in [0.25, 0.3) is 11.6 Å². The highest BCUT2D eigenvalue weighted by Gasteiger charge is 2.45. The Kier molecular flexibility index (Phi) is 12.5. The number of aryl methyl sites for hydroxylation is 4. The molecule has 0 aliphatic heterocycles. The lowest BCUT2D eigenvalue weighted by Crippen LogP contribution is -2.39. The maximum absolute atomic E-state index is 12.8. The molecule has 0 aromatic carbocycles. The second-order valence-electron chi connectivity index (χ2n) is 7.13. The Labute approximate surface area is 195 Å². The molecule has 0 spiro atoms. The fraction of sp³-hybridized carbons (Fsp3) is 0.667. The quantitative estimate of drug-likeness (QED) is 0.289. The monoisotopic (exact) mass is 548 g/mol. The van der Waals surface area contributed by atoms with Gasteiger partial charge in [-0.15, -0.1) is 0 Å². The zero-order valence-corrected chi connectivity index (χ0v) is 20.0. The second-order valence-corrected chi connectivity index (χ2v) is 7.99. The Morgan fingerprint density at radius 2 is 1.09 bits per heavy atom. The van der Waals surface area contributed by atoms with Gasteiger partial charge in [-0.25, -0.2) is 40.0 Å². The summed E-state index contributed by atoms with van der Waals surface area (Å²) in [4.78, 5) is 16.9. The first-order valence-electron chi connectivity index (χ1n) is 9.87. The number of rotatable bonds is 8. The summed E-state index contributed by atoms with van der Waals surface area (Å²) < 4.78 is 124. The molecule has 35 heavy (non-hydrogen) atoms. The summed E-state index contributed by atoms with van der Waals surface area (Å²) in [5, 5.41) is 0. The summed E-state index contributed by atoms with van der Waals surface area (Å²) in [6.07, 6.45) is -2.81. The molecule has 2 aromatic rings. The molecule has 17 heteroatoms. The van der Waals surface area contributed by atoms with Crippen LogP contribution in [0.25, 0.3) is 0 Å². The maximum atomic E-state index is 12.8. The molecular formula is C18H26F9N4O3P. The normalized spacial score (nSPS) is 12.4. The largest absolute Gasteiger partial charge is 0.786 e. The van der Waals surface area contributed by atoms with Crippen molar-refractivity contribution in [3.05, 3.63) is 36.4 Å². The van der Waals surface area contributed by atoms with Gasteiger partial charge in [0.1, 0.15) is 45.5 Å². The van der Waals surface area contributed by atoms with Gasteiger partial charge in [-0.3, -0.25) is 0 Å². The molecule has 2 aromatic heterocycles. The molecule has 2 rings (SSSR count). The van der Waals surface area contributed by atoms with Crippen LogP contribution in [-0.4, -0.2) is 33.8 Å². The van der Waals surface area contributed by atoms with Crippen LogP contribution in [0.4, 0.5) is 39.3 Å². The van der Waals surface area contributed by atoms with Crippen LogP contribution in [0.3, 0.4) is 0 Å². The molecular weight excluding hydrogens is 522 g/mol. The minimum absolute atomic E-state index is 0.197. The lowest BCUT2D eigenvalue weighted by atomic mass is 10.2. The van der Waals surface area contributed by atoms with Gasteiger partial charge in [-0.05, 0) is 13.8 Å². The smallest absolute Gasteiger partial charge is 0.318 e. The van der Waals surface area contributed by atoms with E-state index in [1.165, 1.54) is 18.3 Å². The summed E-state index contributed by atoms with van der Waals surface area (Å²) in [6, 6.07) is 0. The van der Waals surface area contributed by atoms with E-state index in [4.69, 9.17) is 14.4 Å². The lowest BCUT2D eigenvalue weighted by molar-refractivity contribution is -0.680. The van der Waals surface area contributed by atoms with Crippen LogP contribution in [0.2, 0.25) is 0 Å². The van der Waals surface area contributed by atoms with Crippen molar-refractivity contribution in [1.29, 1.82) is 0 Å². The standard InChI is InChI=1S/2C9H13F4N2.FH2O3P/c2*1-3-15-5-4-14(2)7(15)6-9(12,13)8(10)11;1-5(2,3)4/h2*4-5,8H,3,6H2,1-2H3;(H2,2,3,4)/q2*+1;/p-2. The number of halogens is 9. The average molecular weight is 548 g/mol. The van der Waals surface area contributed by atoms with E-state index in [9.17, 15) is 39.3 Å². The van der Waals surface area contributed by atoms with Crippen LogP contribution in [0.1, 0.15) is 25.5 Å². The Morgan fingerprint density at radius 1 is 0.829 bits per heavy atom. The third-order valence-corrected chi connectivity index (χ3v) is 4.53. The third kappa shape index (κ3) is 11.5. The second kappa shape index (κ2) is 13.3. The zero-order chi connectivity index (χ0) is 27.8. The average Bonchev–Trinajstić information content (AvgIpc) is 3.22. The van der Waals surface area contributed by atoms with Gasteiger partial charge in [0.15, 0.2) is 0 Å². The summed E-state index contributed by atoms with van der Waals surface area (Å²) in [6.45, 7) is 4.50. The molecule has 0 amide bonds. The van der Waals surface area contributed by atoms with Crippen molar-refractivity contribution < 1.29 is 62.8 Å². The fourth-order valence-electron chi connectivity index (χ4n) is 2.71. The van der Waals surface area contributed by atoms with Crippen molar-refractivity contribution in [2.75, 3.05) is 0 Å². The predicted octanol–water partition coefficient (Wildman–Crippen LogP) is 2.34. The van der Waals surface area contributed by atoms with Gasteiger partial charge in [-0.1, -0.05) is 0 Å². The van der Waals surface area contributed by atoms with Crippen molar-refractivity contribution in [2.45, 2.75) is 64.5 Å². The molecule has 0 bridgehead atoms. The van der Waals surface area contributed by atoms with E-state index < -0.39 is 45.4 Å². The van der Waals surface area contributed by atoms with Crippen molar-refractivity contribution >= 4 is 7.91 Å². The molecule has 0 atom stereocenters. The minimum Gasteiger partial charge on any atom is -0.786 e. The first-order chi connectivity index (χ1) is 15.8. The number of alkyl halides is 8. The first-order valence-corrected chi connectivity index (χ1v) is 11.3. The van der Waals surface area contributed by atoms with Gasteiger partial charge in [0, 0.05) is 0 Å². The van der Waals surface area contributed by atoms with E-state index in [2.05, 4.69) is 0 Å². The molecule has 0 saturated heterocycles. The van der Waals surface area contributed by atoms with Crippen LogP contribution in [0, 0.1) is 0 Å². The molecule has 0 aliphatic rings. The van der Waals surface area contributed by atoms with Gasteiger partial charge in [0.2, 0.25) is 0 Å². The molecule has 0 unspecified atom stereocenters. The van der Waals surface area contributed by atoms with Crippen LogP contribution in [0.5, 0.6) is 0 Å². The highest BCUT2D eigenvalue weighted by Crippen LogP contribution is 2.27. The minimum atomic E-state index is -5.64. The lowest BCUT2D eigenvalue weighted by Gasteiger charge is -2.15. The van der Waals surface area contributed by atoms with Crippen LogP contribution in [-0.2, 0) is 44.6 Å². The van der Waals surface area contributed by atoms with Crippen molar-refractivity contribution in [1.82, 2.24) is 9.13 Å². The summed E-state index contributed by atoms with van der Waals surface area (Å²) in [5.41, 5.74) is 0. The third-order valence-electron chi connectivity index (χ3n) is 4.53. The SMILES string of the molecule is CCn1cc[n+](C)c1CC(F)(F)C(F)F.CCn1cc[n+](C)c1CC(F)(F)C(F)F.O=P([O-])([O-])F. The molecule has 7 nitrogen and oxygen atoms in total. The first kappa shape index (κ1) is 32.9. The van der Waals surface area contributed by atoms with Gasteiger partial charge in [0.05, 0.1) is 27.2 Å². The Balaban J connectivity index is 0.000000555. The van der Waals surface area contributed by atoms with Gasteiger partial charge in [-0.2, -0.15) is 17.6 Å². The molecule has 0 saturated carbocycles. The summed E-state index contributed by atoms with van der Waals surface area (Å²) in [5.74, 6) is -7.54. The highest BCUT2D eigenvalue weighted by molar-refractivity contribution is 7.42. The van der Waals surface area contributed by atoms with E-state index in [-0.39, 0.29) is 11.6 Å². The van der Waals surface area contributed by atoms with Gasteiger partial charge < -0.3 is 14.4 Å². The summed E-state index contributed by atoms with van der Waals surface area (Å²) >= 11 is 0. The number of aromatic nitrogens is 4. The molecule has 0 N–H and O–H groups in total. The van der Waals surface area contributed by atoms with Crippen molar-refractivity contribution in [3.63, 3.8) is 0 Å². The van der Waals surface area contributed by atoms with Crippen LogP contribution < -0.4 is 18.9 Å².